The second-order valence-corrected chi connectivity index (χ2v) is 8.86. The molecule has 0 saturated carbocycles. The van der Waals surface area contributed by atoms with Crippen molar-refractivity contribution in [3.8, 4) is 0 Å². The van der Waals surface area contributed by atoms with Crippen LogP contribution in [0.25, 0.3) is 5.76 Å². The number of thiophene rings is 1. The van der Waals surface area contributed by atoms with Gasteiger partial charge in [0.2, 0.25) is 0 Å². The third kappa shape index (κ3) is 4.16. The lowest BCUT2D eigenvalue weighted by molar-refractivity contribution is -0.140. The van der Waals surface area contributed by atoms with Gasteiger partial charge in [-0.05, 0) is 23.6 Å². The number of rotatable bonds is 5. The lowest BCUT2D eigenvalue weighted by Crippen LogP contribution is -2.42. The van der Waals surface area contributed by atoms with Gasteiger partial charge in [0, 0.05) is 41.1 Å². The van der Waals surface area contributed by atoms with Gasteiger partial charge in [-0.15, -0.1) is 11.3 Å². The number of amides is 1. The van der Waals surface area contributed by atoms with Crippen LogP contribution < -0.4 is 0 Å². The number of benzene rings is 1. The number of ether oxygens (including phenoxy) is 1. The summed E-state index contributed by atoms with van der Waals surface area (Å²) in [7, 11) is 0. The maximum absolute atomic E-state index is 12.9. The molecule has 0 radical (unpaired) electrons. The van der Waals surface area contributed by atoms with E-state index in [0.717, 1.165) is 22.4 Å². The summed E-state index contributed by atoms with van der Waals surface area (Å²) < 4.78 is 6.25. The van der Waals surface area contributed by atoms with Crippen LogP contribution in [0, 0.1) is 0 Å². The lowest BCUT2D eigenvalue weighted by Gasteiger charge is -2.30. The van der Waals surface area contributed by atoms with Gasteiger partial charge in [-0.1, -0.05) is 34.1 Å². The third-order valence-electron chi connectivity index (χ3n) is 5.23. The van der Waals surface area contributed by atoms with Crippen molar-refractivity contribution in [1.29, 1.82) is 0 Å². The van der Waals surface area contributed by atoms with Crippen molar-refractivity contribution in [2.45, 2.75) is 6.04 Å². The number of ketones is 1. The molecule has 2 fully saturated rings. The van der Waals surface area contributed by atoms with Gasteiger partial charge < -0.3 is 14.7 Å². The zero-order valence-corrected chi connectivity index (χ0v) is 18.1. The smallest absolute Gasteiger partial charge is 0.295 e. The van der Waals surface area contributed by atoms with Gasteiger partial charge >= 0.3 is 0 Å². The summed E-state index contributed by atoms with van der Waals surface area (Å²) in [4.78, 5) is 30.5. The normalized spacial score (nSPS) is 22.4. The molecule has 1 aromatic heterocycles. The largest absolute Gasteiger partial charge is 0.507 e. The summed E-state index contributed by atoms with van der Waals surface area (Å²) in [6.07, 6.45) is 0. The van der Waals surface area contributed by atoms with Crippen LogP contribution >= 0.6 is 27.3 Å². The molecule has 8 heteroatoms. The van der Waals surface area contributed by atoms with Gasteiger partial charge in [-0.3, -0.25) is 14.5 Å². The average molecular weight is 477 g/mol. The predicted octanol–water partition coefficient (Wildman–Crippen LogP) is 3.26. The predicted molar refractivity (Wildman–Crippen MR) is 115 cm³/mol. The van der Waals surface area contributed by atoms with Gasteiger partial charge in [-0.25, -0.2) is 0 Å². The molecule has 2 saturated heterocycles. The van der Waals surface area contributed by atoms with Crippen LogP contribution in [0.15, 0.2) is 51.8 Å². The van der Waals surface area contributed by atoms with Crippen LogP contribution in [0.4, 0.5) is 0 Å². The van der Waals surface area contributed by atoms with E-state index < -0.39 is 17.7 Å². The van der Waals surface area contributed by atoms with E-state index in [1.165, 1.54) is 11.3 Å². The molecule has 1 unspecified atom stereocenters. The van der Waals surface area contributed by atoms with E-state index in [-0.39, 0.29) is 11.3 Å². The fourth-order valence-corrected chi connectivity index (χ4v) is 4.80. The maximum Gasteiger partial charge on any atom is 0.295 e. The molecule has 2 aliphatic heterocycles. The van der Waals surface area contributed by atoms with Crippen LogP contribution in [-0.4, -0.2) is 66.0 Å². The molecule has 2 aromatic rings. The summed E-state index contributed by atoms with van der Waals surface area (Å²) in [6, 6.07) is 10.3. The average Bonchev–Trinajstić information content (AvgIpc) is 3.35. The summed E-state index contributed by atoms with van der Waals surface area (Å²) >= 11 is 4.85. The molecule has 0 aliphatic carbocycles. The van der Waals surface area contributed by atoms with Crippen molar-refractivity contribution >= 4 is 44.7 Å². The molecule has 152 valence electrons. The minimum atomic E-state index is -0.634. The summed E-state index contributed by atoms with van der Waals surface area (Å²) in [5, 5.41) is 12.9. The zero-order chi connectivity index (χ0) is 20.4. The van der Waals surface area contributed by atoms with E-state index in [2.05, 4.69) is 20.8 Å². The summed E-state index contributed by atoms with van der Waals surface area (Å²) in [5.41, 5.74) is 0.669. The van der Waals surface area contributed by atoms with Crippen LogP contribution in [0.3, 0.4) is 0 Å². The fraction of sp³-hybridized carbons (Fsp3) is 0.333. The van der Waals surface area contributed by atoms with Crippen LogP contribution in [-0.2, 0) is 14.3 Å². The molecule has 0 bridgehead atoms. The molecule has 1 atom stereocenters. The van der Waals surface area contributed by atoms with Gasteiger partial charge in [-0.2, -0.15) is 0 Å². The Kier molecular flexibility index (Phi) is 6.15. The number of halogens is 1. The molecule has 3 heterocycles. The number of nitrogens with zero attached hydrogens (tertiary/aromatic N) is 2. The maximum atomic E-state index is 12.9. The number of morpholine rings is 1. The SMILES string of the molecule is O=C1C(=O)N(CCN2CCOCC2)C(c2cccs2)C1=C(O)c1ccc(Br)cc1. The molecule has 4 rings (SSSR count). The first-order chi connectivity index (χ1) is 14.1. The standard InChI is InChI=1S/C21H21BrN2O4S/c22-15-5-3-14(4-6-15)19(25)17-18(16-2-1-13-29-16)24(21(27)20(17)26)8-7-23-9-11-28-12-10-23/h1-6,13,18,25H,7-12H2. The van der Waals surface area contributed by atoms with Crippen molar-refractivity contribution in [3.63, 3.8) is 0 Å². The van der Waals surface area contributed by atoms with Gasteiger partial charge in [0.1, 0.15) is 5.76 Å². The van der Waals surface area contributed by atoms with E-state index in [0.29, 0.717) is 31.9 Å². The highest BCUT2D eigenvalue weighted by Crippen LogP contribution is 2.41. The Balaban J connectivity index is 1.68. The monoisotopic (exact) mass is 476 g/mol. The van der Waals surface area contributed by atoms with Gasteiger partial charge in [0.25, 0.3) is 11.7 Å². The van der Waals surface area contributed by atoms with E-state index in [1.54, 1.807) is 29.2 Å². The molecular formula is C21H21BrN2O4S. The Labute approximate surface area is 181 Å². The van der Waals surface area contributed by atoms with Crippen LogP contribution in [0.5, 0.6) is 0 Å². The second kappa shape index (κ2) is 8.79. The Hall–Kier alpha value is -2.00. The molecular weight excluding hydrogens is 456 g/mol. The van der Waals surface area contributed by atoms with Gasteiger partial charge in [0.05, 0.1) is 24.8 Å². The number of aliphatic hydroxyl groups excluding tert-OH is 1. The zero-order valence-electron chi connectivity index (χ0n) is 15.7. The molecule has 1 aromatic carbocycles. The third-order valence-corrected chi connectivity index (χ3v) is 6.68. The van der Waals surface area contributed by atoms with Crippen molar-refractivity contribution in [2.75, 3.05) is 39.4 Å². The van der Waals surface area contributed by atoms with Crippen molar-refractivity contribution < 1.29 is 19.4 Å². The first-order valence-electron chi connectivity index (χ1n) is 9.44. The quantitative estimate of drug-likeness (QED) is 0.407. The number of aliphatic hydroxyl groups is 1. The van der Waals surface area contributed by atoms with E-state index in [9.17, 15) is 14.7 Å². The highest BCUT2D eigenvalue weighted by molar-refractivity contribution is 9.10. The van der Waals surface area contributed by atoms with Crippen molar-refractivity contribution in [3.05, 3.63) is 62.3 Å². The van der Waals surface area contributed by atoms with Crippen LogP contribution in [0.1, 0.15) is 16.5 Å². The summed E-state index contributed by atoms with van der Waals surface area (Å²) in [5.74, 6) is -1.33. The second-order valence-electron chi connectivity index (χ2n) is 6.97. The summed E-state index contributed by atoms with van der Waals surface area (Å²) in [6.45, 7) is 4.06. The Morgan fingerprint density at radius 2 is 1.86 bits per heavy atom. The van der Waals surface area contributed by atoms with Gasteiger partial charge in [0.15, 0.2) is 0 Å². The molecule has 1 amide bonds. The first kappa shape index (κ1) is 20.3. The number of likely N-dealkylation sites (tertiary alicyclic amines) is 1. The highest BCUT2D eigenvalue weighted by Gasteiger charge is 2.46. The number of carbonyl (C=O) groups is 2. The van der Waals surface area contributed by atoms with E-state index in [4.69, 9.17) is 4.74 Å². The first-order valence-corrected chi connectivity index (χ1v) is 11.1. The number of hydrogen-bond donors (Lipinski definition) is 1. The number of hydrogen-bond acceptors (Lipinski definition) is 6. The van der Waals surface area contributed by atoms with Crippen molar-refractivity contribution in [1.82, 2.24) is 9.80 Å². The Morgan fingerprint density at radius 1 is 1.14 bits per heavy atom. The van der Waals surface area contributed by atoms with E-state index in [1.807, 2.05) is 17.5 Å². The minimum absolute atomic E-state index is 0.136. The number of Topliss-reactive ketones (excluding diaryl/α,β-unsaturated/α-hetero) is 1. The molecule has 29 heavy (non-hydrogen) atoms. The van der Waals surface area contributed by atoms with E-state index >= 15 is 0 Å². The topological polar surface area (TPSA) is 70.1 Å². The minimum Gasteiger partial charge on any atom is -0.507 e. The molecule has 2 aliphatic rings. The lowest BCUT2D eigenvalue weighted by atomic mass is 10.00. The molecule has 6 nitrogen and oxygen atoms in total. The molecule has 1 N–H and O–H groups in total. The highest BCUT2D eigenvalue weighted by atomic mass is 79.9. The fourth-order valence-electron chi connectivity index (χ4n) is 3.69. The molecule has 0 spiro atoms. The Bertz CT molecular complexity index is 921. The number of carbonyl (C=O) groups excluding carboxylic acids is 2. The van der Waals surface area contributed by atoms with Crippen molar-refractivity contribution in [2.24, 2.45) is 0 Å². The van der Waals surface area contributed by atoms with Crippen LogP contribution in [0.2, 0.25) is 0 Å². The Morgan fingerprint density at radius 3 is 2.52 bits per heavy atom.